The Hall–Kier alpha value is -2.81. The van der Waals surface area contributed by atoms with Crippen LogP contribution >= 0.6 is 11.3 Å². The average Bonchev–Trinajstić information content (AvgIpc) is 3.50. The van der Waals surface area contributed by atoms with Crippen LogP contribution in [0.5, 0.6) is 0 Å². The van der Waals surface area contributed by atoms with Crippen LogP contribution in [-0.2, 0) is 22.6 Å². The van der Waals surface area contributed by atoms with Gasteiger partial charge >= 0.3 is 0 Å². The molecule has 5 rings (SSSR count). The fourth-order valence-corrected chi connectivity index (χ4v) is 5.33. The van der Waals surface area contributed by atoms with Crippen LogP contribution in [0.3, 0.4) is 0 Å². The van der Waals surface area contributed by atoms with Crippen molar-refractivity contribution in [2.75, 3.05) is 19.6 Å². The molecule has 0 bridgehead atoms. The first-order chi connectivity index (χ1) is 14.6. The first-order valence-corrected chi connectivity index (χ1v) is 11.3. The van der Waals surface area contributed by atoms with Gasteiger partial charge in [-0.15, -0.1) is 21.5 Å². The number of para-hydroxylation sites is 1. The maximum absolute atomic E-state index is 13.3. The standard InChI is InChI=1S/C21H24N6O2S/c1-14-23-24-20-19(21(29)25-10-4-5-11-25)27(13-12-26(14)20)18(28)9-8-17-22-15-6-2-3-7-16(15)30-17/h2-3,6-7,19H,4-5,8-13H2,1H3. The minimum Gasteiger partial charge on any atom is -0.340 e. The van der Waals surface area contributed by atoms with E-state index in [1.54, 1.807) is 16.2 Å². The van der Waals surface area contributed by atoms with Gasteiger partial charge in [0.15, 0.2) is 11.9 Å². The molecule has 30 heavy (non-hydrogen) atoms. The molecular formula is C21H24N6O2S. The fraction of sp³-hybridized carbons (Fsp3) is 0.476. The number of carbonyl (C=O) groups is 2. The van der Waals surface area contributed by atoms with Gasteiger partial charge in [-0.3, -0.25) is 9.59 Å². The van der Waals surface area contributed by atoms with Gasteiger partial charge in [-0.05, 0) is 31.9 Å². The smallest absolute Gasteiger partial charge is 0.253 e. The number of thiazole rings is 1. The summed E-state index contributed by atoms with van der Waals surface area (Å²) >= 11 is 1.62. The van der Waals surface area contributed by atoms with Gasteiger partial charge in [0.1, 0.15) is 5.82 Å². The van der Waals surface area contributed by atoms with E-state index in [4.69, 9.17) is 0 Å². The molecule has 2 aliphatic heterocycles. The third kappa shape index (κ3) is 3.36. The molecule has 0 N–H and O–H groups in total. The number of fused-ring (bicyclic) bond motifs is 2. The Bertz CT molecular complexity index is 1070. The van der Waals surface area contributed by atoms with E-state index in [1.807, 2.05) is 40.7 Å². The molecular weight excluding hydrogens is 400 g/mol. The monoisotopic (exact) mass is 424 g/mol. The number of benzene rings is 1. The molecule has 1 fully saturated rings. The van der Waals surface area contributed by atoms with Gasteiger partial charge < -0.3 is 14.4 Å². The molecule has 0 radical (unpaired) electrons. The second kappa shape index (κ2) is 7.79. The number of carbonyl (C=O) groups excluding carboxylic acids is 2. The number of likely N-dealkylation sites (tertiary alicyclic amines) is 1. The fourth-order valence-electron chi connectivity index (χ4n) is 4.36. The molecule has 0 spiro atoms. The summed E-state index contributed by atoms with van der Waals surface area (Å²) in [7, 11) is 0. The van der Waals surface area contributed by atoms with Gasteiger partial charge in [0.05, 0.1) is 15.2 Å². The topological polar surface area (TPSA) is 84.2 Å². The molecule has 1 atom stereocenters. The summed E-state index contributed by atoms with van der Waals surface area (Å²) in [4.78, 5) is 34.7. The first-order valence-electron chi connectivity index (χ1n) is 10.4. The quantitative estimate of drug-likeness (QED) is 0.642. The number of hydrogen-bond donors (Lipinski definition) is 0. The second-order valence-electron chi connectivity index (χ2n) is 7.85. The van der Waals surface area contributed by atoms with E-state index in [0.29, 0.717) is 31.8 Å². The number of rotatable bonds is 4. The third-order valence-corrected chi connectivity index (χ3v) is 7.04. The second-order valence-corrected chi connectivity index (χ2v) is 8.97. The number of aromatic nitrogens is 4. The Morgan fingerprint density at radius 2 is 1.90 bits per heavy atom. The predicted octanol–water partition coefficient (Wildman–Crippen LogP) is 2.33. The van der Waals surface area contributed by atoms with Gasteiger partial charge in [-0.1, -0.05) is 12.1 Å². The molecule has 8 nitrogen and oxygen atoms in total. The number of amides is 2. The highest BCUT2D eigenvalue weighted by Gasteiger charge is 2.41. The SMILES string of the molecule is Cc1nnc2n1CCN(C(=O)CCc1nc3ccccc3s1)C2C(=O)N1CCCC1. The molecule has 3 aromatic rings. The van der Waals surface area contributed by atoms with Crippen molar-refractivity contribution in [3.8, 4) is 0 Å². The van der Waals surface area contributed by atoms with Crippen LogP contribution in [0.1, 0.15) is 42.0 Å². The largest absolute Gasteiger partial charge is 0.340 e. The van der Waals surface area contributed by atoms with Crippen LogP contribution in [0.4, 0.5) is 0 Å². The summed E-state index contributed by atoms with van der Waals surface area (Å²) in [6, 6.07) is 7.32. The predicted molar refractivity (Wildman–Crippen MR) is 113 cm³/mol. The van der Waals surface area contributed by atoms with E-state index < -0.39 is 6.04 Å². The highest BCUT2D eigenvalue weighted by atomic mass is 32.1. The lowest BCUT2D eigenvalue weighted by Gasteiger charge is -2.36. The zero-order valence-corrected chi connectivity index (χ0v) is 17.8. The zero-order chi connectivity index (χ0) is 20.7. The molecule has 4 heterocycles. The van der Waals surface area contributed by atoms with Gasteiger partial charge in [0, 0.05) is 39.0 Å². The highest BCUT2D eigenvalue weighted by Crippen LogP contribution is 2.29. The number of nitrogens with zero attached hydrogens (tertiary/aromatic N) is 6. The van der Waals surface area contributed by atoms with E-state index in [2.05, 4.69) is 15.2 Å². The lowest BCUT2D eigenvalue weighted by Crippen LogP contribution is -2.49. The van der Waals surface area contributed by atoms with E-state index >= 15 is 0 Å². The van der Waals surface area contributed by atoms with E-state index in [0.717, 1.165) is 47.0 Å². The zero-order valence-electron chi connectivity index (χ0n) is 17.0. The number of hydrogen-bond acceptors (Lipinski definition) is 6. The van der Waals surface area contributed by atoms with Gasteiger partial charge in [0.25, 0.3) is 5.91 Å². The van der Waals surface area contributed by atoms with Crippen molar-refractivity contribution >= 4 is 33.4 Å². The van der Waals surface area contributed by atoms with Crippen molar-refractivity contribution in [3.05, 3.63) is 40.9 Å². The van der Waals surface area contributed by atoms with Crippen molar-refractivity contribution < 1.29 is 9.59 Å². The lowest BCUT2D eigenvalue weighted by atomic mass is 10.1. The normalized spacial score (nSPS) is 18.8. The highest BCUT2D eigenvalue weighted by molar-refractivity contribution is 7.18. The van der Waals surface area contributed by atoms with Crippen LogP contribution in [0.15, 0.2) is 24.3 Å². The van der Waals surface area contributed by atoms with Crippen LogP contribution in [0.25, 0.3) is 10.2 Å². The minimum atomic E-state index is -0.680. The Morgan fingerprint density at radius 1 is 1.10 bits per heavy atom. The summed E-state index contributed by atoms with van der Waals surface area (Å²) in [6.45, 7) is 4.49. The molecule has 1 unspecified atom stereocenters. The minimum absolute atomic E-state index is 0.0290. The molecule has 156 valence electrons. The summed E-state index contributed by atoms with van der Waals surface area (Å²) in [5.41, 5.74) is 0.966. The van der Waals surface area contributed by atoms with Crippen molar-refractivity contribution in [1.82, 2.24) is 29.5 Å². The van der Waals surface area contributed by atoms with Gasteiger partial charge in [-0.2, -0.15) is 0 Å². The Labute approximate surface area is 178 Å². The molecule has 2 aromatic heterocycles. The van der Waals surface area contributed by atoms with Crippen LogP contribution < -0.4 is 0 Å². The maximum Gasteiger partial charge on any atom is 0.253 e. The average molecular weight is 425 g/mol. The van der Waals surface area contributed by atoms with Gasteiger partial charge in [-0.25, -0.2) is 4.98 Å². The molecule has 0 saturated carbocycles. The molecule has 2 amide bonds. The molecule has 1 saturated heterocycles. The summed E-state index contributed by atoms with van der Waals surface area (Å²) in [5, 5.41) is 9.38. The summed E-state index contributed by atoms with van der Waals surface area (Å²) < 4.78 is 3.10. The maximum atomic E-state index is 13.3. The van der Waals surface area contributed by atoms with Crippen LogP contribution in [0, 0.1) is 6.92 Å². The third-order valence-electron chi connectivity index (χ3n) is 5.95. The molecule has 0 aliphatic carbocycles. The first kappa shape index (κ1) is 19.2. The van der Waals surface area contributed by atoms with Crippen molar-refractivity contribution in [3.63, 3.8) is 0 Å². The van der Waals surface area contributed by atoms with Crippen molar-refractivity contribution in [2.45, 2.75) is 45.2 Å². The Morgan fingerprint density at radius 3 is 2.70 bits per heavy atom. The molecule has 2 aliphatic rings. The van der Waals surface area contributed by atoms with E-state index in [-0.39, 0.29) is 11.8 Å². The van der Waals surface area contributed by atoms with Gasteiger partial charge in [0.2, 0.25) is 5.91 Å². The lowest BCUT2D eigenvalue weighted by molar-refractivity contribution is -0.147. The van der Waals surface area contributed by atoms with Crippen molar-refractivity contribution in [1.29, 1.82) is 0 Å². The van der Waals surface area contributed by atoms with E-state index in [9.17, 15) is 9.59 Å². The van der Waals surface area contributed by atoms with Crippen LogP contribution in [-0.4, -0.2) is 61.0 Å². The number of aryl methyl sites for hydroxylation is 2. The molecule has 1 aromatic carbocycles. The molecule has 9 heteroatoms. The van der Waals surface area contributed by atoms with Crippen LogP contribution in [0.2, 0.25) is 0 Å². The Balaban J connectivity index is 1.36. The summed E-state index contributed by atoms with van der Waals surface area (Å²) in [5.74, 6) is 1.31. The Kier molecular flexibility index (Phi) is 4.98. The van der Waals surface area contributed by atoms with E-state index in [1.165, 1.54) is 0 Å². The van der Waals surface area contributed by atoms with Crippen molar-refractivity contribution in [2.24, 2.45) is 0 Å². The summed E-state index contributed by atoms with van der Waals surface area (Å²) in [6.07, 6.45) is 2.92.